The number of hydrogen-bond donors (Lipinski definition) is 0. The number of carbonyl (C=O) groups excluding carboxylic acids is 4. The summed E-state index contributed by atoms with van der Waals surface area (Å²) in [5.41, 5.74) is -1.97. The zero-order valence-electron chi connectivity index (χ0n) is 13.7. The van der Waals surface area contributed by atoms with Gasteiger partial charge in [0, 0.05) is 27.7 Å². The number of carbonyl (C=O) groups is 4. The standard InChI is InChI=1S/C14H19FO9/c1-7(16)20-6-14(5-15)12(22-9(3)18)11(21-8(2)17)13(24-14)23-10(4)19/h11-13H,5-6H2,1-4H3/t11-,12+,13+,14-/m1/s1. The predicted octanol–water partition coefficient (Wildman–Crippen LogP) is 0.0406. The second-order valence-corrected chi connectivity index (χ2v) is 5.18. The van der Waals surface area contributed by atoms with E-state index in [1.807, 2.05) is 0 Å². The molecule has 10 heteroatoms. The van der Waals surface area contributed by atoms with E-state index in [0.717, 1.165) is 27.7 Å². The molecule has 0 aromatic carbocycles. The number of esters is 4. The normalized spacial score (nSPS) is 28.8. The van der Waals surface area contributed by atoms with E-state index < -0.39 is 61.3 Å². The Bertz CT molecular complexity index is 520. The average molecular weight is 350 g/mol. The highest BCUT2D eigenvalue weighted by molar-refractivity contribution is 5.68. The fraction of sp³-hybridized carbons (Fsp3) is 0.714. The van der Waals surface area contributed by atoms with Crippen molar-refractivity contribution in [1.29, 1.82) is 0 Å². The average Bonchev–Trinajstić information content (AvgIpc) is 2.70. The monoisotopic (exact) mass is 350 g/mol. The van der Waals surface area contributed by atoms with E-state index >= 15 is 0 Å². The Morgan fingerprint density at radius 1 is 0.917 bits per heavy atom. The van der Waals surface area contributed by atoms with E-state index in [4.69, 9.17) is 23.7 Å². The molecule has 1 rings (SSSR count). The molecule has 0 unspecified atom stereocenters. The van der Waals surface area contributed by atoms with Crippen LogP contribution in [0.1, 0.15) is 27.7 Å². The number of ether oxygens (including phenoxy) is 5. The molecule has 1 saturated heterocycles. The van der Waals surface area contributed by atoms with Crippen molar-refractivity contribution >= 4 is 23.9 Å². The topological polar surface area (TPSA) is 114 Å². The van der Waals surface area contributed by atoms with Gasteiger partial charge in [-0.1, -0.05) is 0 Å². The Labute approximate surface area is 137 Å². The molecule has 0 aromatic heterocycles. The van der Waals surface area contributed by atoms with Gasteiger partial charge in [-0.05, 0) is 0 Å². The summed E-state index contributed by atoms with van der Waals surface area (Å²) < 4.78 is 38.7. The van der Waals surface area contributed by atoms with Crippen molar-refractivity contribution in [2.45, 2.75) is 51.8 Å². The molecule has 4 atom stereocenters. The van der Waals surface area contributed by atoms with Gasteiger partial charge in [-0.15, -0.1) is 0 Å². The van der Waals surface area contributed by atoms with Crippen LogP contribution in [0.4, 0.5) is 4.39 Å². The Hall–Kier alpha value is -2.23. The van der Waals surface area contributed by atoms with Crippen LogP contribution in [-0.2, 0) is 42.9 Å². The highest BCUT2D eigenvalue weighted by Gasteiger charge is 2.61. The van der Waals surface area contributed by atoms with Gasteiger partial charge in [-0.3, -0.25) is 19.2 Å². The molecule has 9 nitrogen and oxygen atoms in total. The first kappa shape index (κ1) is 19.8. The van der Waals surface area contributed by atoms with Crippen LogP contribution in [0.25, 0.3) is 0 Å². The van der Waals surface area contributed by atoms with Crippen molar-refractivity contribution in [2.75, 3.05) is 13.3 Å². The highest BCUT2D eigenvalue weighted by atomic mass is 19.1. The van der Waals surface area contributed by atoms with E-state index in [2.05, 4.69) is 0 Å². The van der Waals surface area contributed by atoms with Crippen molar-refractivity contribution in [2.24, 2.45) is 0 Å². The first-order valence-electron chi connectivity index (χ1n) is 7.00. The molecule has 0 radical (unpaired) electrons. The lowest BCUT2D eigenvalue weighted by Gasteiger charge is -2.30. The van der Waals surface area contributed by atoms with Gasteiger partial charge in [0.05, 0.1) is 0 Å². The summed E-state index contributed by atoms with van der Waals surface area (Å²) in [6.45, 7) is 2.39. The number of rotatable bonds is 6. The van der Waals surface area contributed by atoms with Crippen molar-refractivity contribution in [1.82, 2.24) is 0 Å². The van der Waals surface area contributed by atoms with Crippen LogP contribution < -0.4 is 0 Å². The SMILES string of the molecule is CC(=O)OC[C@@]1(CF)O[C@H](OC(C)=O)[C@H](OC(C)=O)[C@@H]1OC(C)=O. The van der Waals surface area contributed by atoms with Crippen LogP contribution in [0.3, 0.4) is 0 Å². The minimum atomic E-state index is -1.97. The van der Waals surface area contributed by atoms with Crippen LogP contribution >= 0.6 is 0 Å². The van der Waals surface area contributed by atoms with Crippen molar-refractivity contribution in [3.05, 3.63) is 0 Å². The molecule has 1 heterocycles. The fourth-order valence-electron chi connectivity index (χ4n) is 2.21. The lowest BCUT2D eigenvalue weighted by molar-refractivity contribution is -0.214. The summed E-state index contributed by atoms with van der Waals surface area (Å²) in [5.74, 6) is -3.13. The van der Waals surface area contributed by atoms with E-state index in [-0.39, 0.29) is 0 Å². The Kier molecular flexibility index (Phi) is 6.64. The minimum Gasteiger partial charge on any atom is -0.463 e. The molecule has 0 aliphatic carbocycles. The maximum Gasteiger partial charge on any atom is 0.305 e. The Morgan fingerprint density at radius 3 is 1.88 bits per heavy atom. The van der Waals surface area contributed by atoms with Gasteiger partial charge in [0.15, 0.2) is 11.7 Å². The largest absolute Gasteiger partial charge is 0.463 e. The number of hydrogen-bond acceptors (Lipinski definition) is 9. The third kappa shape index (κ3) is 4.88. The molecule has 0 aromatic rings. The first-order valence-corrected chi connectivity index (χ1v) is 7.00. The first-order chi connectivity index (χ1) is 11.1. The molecule has 1 aliphatic heterocycles. The Morgan fingerprint density at radius 2 is 1.46 bits per heavy atom. The van der Waals surface area contributed by atoms with Crippen molar-refractivity contribution < 1.29 is 47.3 Å². The maximum atomic E-state index is 13.7. The maximum absolute atomic E-state index is 13.7. The molecule has 24 heavy (non-hydrogen) atoms. The fourth-order valence-corrected chi connectivity index (χ4v) is 2.21. The van der Waals surface area contributed by atoms with Gasteiger partial charge in [-0.25, -0.2) is 4.39 Å². The second-order valence-electron chi connectivity index (χ2n) is 5.18. The minimum absolute atomic E-state index is 0.633. The molecule has 0 amide bonds. The molecule has 0 spiro atoms. The van der Waals surface area contributed by atoms with Crippen LogP contribution in [0.15, 0.2) is 0 Å². The van der Waals surface area contributed by atoms with Gasteiger partial charge in [-0.2, -0.15) is 0 Å². The van der Waals surface area contributed by atoms with Gasteiger partial charge in [0.1, 0.15) is 13.3 Å². The zero-order valence-corrected chi connectivity index (χ0v) is 13.7. The number of alkyl halides is 1. The number of halogens is 1. The summed E-state index contributed by atoms with van der Waals surface area (Å²) in [6.07, 6.45) is -4.42. The van der Waals surface area contributed by atoms with Gasteiger partial charge >= 0.3 is 23.9 Å². The van der Waals surface area contributed by atoms with Crippen LogP contribution in [0, 0.1) is 0 Å². The van der Waals surface area contributed by atoms with Crippen molar-refractivity contribution in [3.63, 3.8) is 0 Å². The lowest BCUT2D eigenvalue weighted by atomic mass is 9.97. The molecular weight excluding hydrogens is 331 g/mol. The third-order valence-corrected chi connectivity index (χ3v) is 3.06. The smallest absolute Gasteiger partial charge is 0.305 e. The van der Waals surface area contributed by atoms with Crippen LogP contribution in [0.2, 0.25) is 0 Å². The molecular formula is C14H19FO9. The summed E-state index contributed by atoms with van der Waals surface area (Å²) in [5, 5.41) is 0. The van der Waals surface area contributed by atoms with E-state index in [0.29, 0.717) is 0 Å². The quantitative estimate of drug-likeness (QED) is 0.484. The van der Waals surface area contributed by atoms with Crippen LogP contribution in [-0.4, -0.2) is 61.3 Å². The highest BCUT2D eigenvalue weighted by Crippen LogP contribution is 2.37. The lowest BCUT2D eigenvalue weighted by Crippen LogP contribution is -2.52. The van der Waals surface area contributed by atoms with Crippen LogP contribution in [0.5, 0.6) is 0 Å². The van der Waals surface area contributed by atoms with E-state index in [9.17, 15) is 23.6 Å². The molecule has 1 fully saturated rings. The summed E-state index contributed by atoms with van der Waals surface area (Å²) in [7, 11) is 0. The molecule has 136 valence electrons. The summed E-state index contributed by atoms with van der Waals surface area (Å²) >= 11 is 0. The Balaban J connectivity index is 3.21. The summed E-state index contributed by atoms with van der Waals surface area (Å²) in [4.78, 5) is 44.9. The molecule has 0 saturated carbocycles. The molecule has 0 bridgehead atoms. The predicted molar refractivity (Wildman–Crippen MR) is 73.1 cm³/mol. The van der Waals surface area contributed by atoms with Crippen molar-refractivity contribution in [3.8, 4) is 0 Å². The van der Waals surface area contributed by atoms with E-state index in [1.54, 1.807) is 0 Å². The van der Waals surface area contributed by atoms with E-state index in [1.165, 1.54) is 0 Å². The van der Waals surface area contributed by atoms with Gasteiger partial charge in [0.25, 0.3) is 0 Å². The zero-order chi connectivity index (χ0) is 18.5. The molecule has 0 N–H and O–H groups in total. The van der Waals surface area contributed by atoms with Gasteiger partial charge in [0.2, 0.25) is 12.4 Å². The third-order valence-electron chi connectivity index (χ3n) is 3.06. The summed E-state index contributed by atoms with van der Waals surface area (Å²) in [6, 6.07) is 0. The van der Waals surface area contributed by atoms with Gasteiger partial charge < -0.3 is 23.7 Å². The second kappa shape index (κ2) is 8.04. The molecule has 1 aliphatic rings.